The standard InChI is InChI=1S/C15H21N.2C15H19N.C14H20N2.CH4/c3*1-16-10-9-15-13(11-16)7-4-6-12-5-2-3-8-14(12)15;1-15-9-10-16-13(11-15)7-4-6-12-5-2-3-8-14(12)16;/h2-3,5,8,13,15H,4,6-7,9-11H2,1H3;2-3,5,8H,4,6-7,9-11H2,1H3;2-3,5,8-9,13H,4,6-7,10-11H2,1H3;2-3,5,8,13H,4,6-7,9-11H2,1H3;1H4. The fourth-order valence-electron chi connectivity index (χ4n) is 12.9. The van der Waals surface area contributed by atoms with Gasteiger partial charge in [0.2, 0.25) is 0 Å². The first-order valence-electron chi connectivity index (χ1n) is 25.6. The van der Waals surface area contributed by atoms with Gasteiger partial charge in [-0.25, -0.2) is 0 Å². The van der Waals surface area contributed by atoms with Gasteiger partial charge >= 0.3 is 0 Å². The van der Waals surface area contributed by atoms with Gasteiger partial charge in [-0.3, -0.25) is 0 Å². The number of likely N-dealkylation sites (tertiary alicyclic amines) is 1. The molecular formula is C60H83N5. The lowest BCUT2D eigenvalue weighted by atomic mass is 9.79. The number of benzene rings is 4. The maximum atomic E-state index is 2.64. The van der Waals surface area contributed by atoms with E-state index in [1.807, 2.05) is 0 Å². The molecule has 0 aromatic heterocycles. The zero-order chi connectivity index (χ0) is 43.8. The Morgan fingerprint density at radius 1 is 0.477 bits per heavy atom. The van der Waals surface area contributed by atoms with Crippen LogP contribution in [0.3, 0.4) is 0 Å². The molecule has 5 nitrogen and oxygen atoms in total. The molecule has 0 N–H and O–H groups in total. The summed E-state index contributed by atoms with van der Waals surface area (Å²) in [5.74, 6) is 2.51. The number of rotatable bonds is 0. The van der Waals surface area contributed by atoms with Gasteiger partial charge in [-0.15, -0.1) is 0 Å². The molecule has 8 aliphatic rings. The zero-order valence-electron chi connectivity index (χ0n) is 40.1. The number of nitrogens with zero attached hydrogens (tertiary/aromatic N) is 5. The Morgan fingerprint density at radius 2 is 1.12 bits per heavy atom. The highest BCUT2D eigenvalue weighted by Crippen LogP contribution is 2.41. The molecule has 65 heavy (non-hydrogen) atoms. The summed E-state index contributed by atoms with van der Waals surface area (Å²) in [5, 5.41) is 0. The Balaban J connectivity index is 0.000000118. The number of para-hydroxylation sites is 1. The number of aryl methyl sites for hydroxylation is 4. The van der Waals surface area contributed by atoms with Crippen LogP contribution in [0.15, 0.2) is 109 Å². The Bertz CT molecular complexity index is 2140. The molecule has 5 heteroatoms. The van der Waals surface area contributed by atoms with Gasteiger partial charge in [0.25, 0.3) is 0 Å². The topological polar surface area (TPSA) is 16.2 Å². The molecule has 5 heterocycles. The fourth-order valence-corrected chi connectivity index (χ4v) is 12.9. The largest absolute Gasteiger partial charge is 0.366 e. The van der Waals surface area contributed by atoms with Crippen molar-refractivity contribution in [2.75, 3.05) is 92.0 Å². The van der Waals surface area contributed by atoms with Crippen molar-refractivity contribution in [3.05, 3.63) is 148 Å². The molecule has 5 aliphatic heterocycles. The van der Waals surface area contributed by atoms with Crippen molar-refractivity contribution in [3.63, 3.8) is 0 Å². The van der Waals surface area contributed by atoms with Crippen molar-refractivity contribution in [1.29, 1.82) is 0 Å². The van der Waals surface area contributed by atoms with Crippen LogP contribution in [0.2, 0.25) is 0 Å². The minimum atomic E-state index is 0. The molecule has 4 atom stereocenters. The van der Waals surface area contributed by atoms with Crippen LogP contribution in [0.25, 0.3) is 11.1 Å². The second-order valence-electron chi connectivity index (χ2n) is 20.8. The van der Waals surface area contributed by atoms with Gasteiger partial charge in [0.1, 0.15) is 0 Å². The zero-order valence-corrected chi connectivity index (χ0v) is 40.1. The maximum absolute atomic E-state index is 2.64. The molecule has 0 bridgehead atoms. The van der Waals surface area contributed by atoms with Crippen molar-refractivity contribution in [3.8, 4) is 0 Å². The summed E-state index contributed by atoms with van der Waals surface area (Å²) in [6.07, 6.45) is 20.9. The SMILES string of the molecule is C.CN1CC=C2c3ccccc3CCCC2C1.CN1CCC2=C(CCCc3ccccc32)C1.CN1CCC2c3ccccc3CCCC2C1.CN1CCN2c3ccccc3CCCC2C1. The molecule has 0 saturated carbocycles. The van der Waals surface area contributed by atoms with E-state index in [1.165, 1.54) is 154 Å². The van der Waals surface area contributed by atoms with Crippen molar-refractivity contribution in [1.82, 2.24) is 19.6 Å². The van der Waals surface area contributed by atoms with Gasteiger partial charge in [0.15, 0.2) is 0 Å². The van der Waals surface area contributed by atoms with Crippen molar-refractivity contribution < 1.29 is 0 Å². The molecular weight excluding hydrogens is 791 g/mol. The molecule has 0 radical (unpaired) electrons. The monoisotopic (exact) mass is 874 g/mol. The first kappa shape index (κ1) is 47.5. The van der Waals surface area contributed by atoms with Crippen LogP contribution >= 0.6 is 0 Å². The van der Waals surface area contributed by atoms with Crippen molar-refractivity contribution in [2.24, 2.45) is 11.8 Å². The van der Waals surface area contributed by atoms with Crippen LogP contribution in [-0.4, -0.2) is 113 Å². The van der Waals surface area contributed by atoms with Crippen LogP contribution < -0.4 is 4.90 Å². The second-order valence-corrected chi connectivity index (χ2v) is 20.8. The number of piperidine rings is 1. The van der Waals surface area contributed by atoms with Crippen LogP contribution in [0.5, 0.6) is 0 Å². The van der Waals surface area contributed by atoms with Crippen molar-refractivity contribution >= 4 is 16.8 Å². The van der Waals surface area contributed by atoms with Gasteiger partial charge in [0.05, 0.1) is 0 Å². The van der Waals surface area contributed by atoms with Crippen LogP contribution in [0.1, 0.15) is 116 Å². The predicted molar refractivity (Wildman–Crippen MR) is 279 cm³/mol. The van der Waals surface area contributed by atoms with E-state index >= 15 is 0 Å². The van der Waals surface area contributed by atoms with E-state index < -0.39 is 0 Å². The van der Waals surface area contributed by atoms with Crippen LogP contribution in [-0.2, 0) is 25.7 Å². The summed E-state index contributed by atoms with van der Waals surface area (Å²) < 4.78 is 0. The van der Waals surface area contributed by atoms with E-state index in [0.29, 0.717) is 0 Å². The highest BCUT2D eigenvalue weighted by Gasteiger charge is 2.32. The molecule has 3 aliphatic carbocycles. The molecule has 12 rings (SSSR count). The van der Waals surface area contributed by atoms with E-state index in [1.54, 1.807) is 50.1 Å². The third-order valence-corrected chi connectivity index (χ3v) is 16.2. The lowest BCUT2D eigenvalue weighted by Crippen LogP contribution is -2.51. The quantitative estimate of drug-likeness (QED) is 0.174. The van der Waals surface area contributed by atoms with E-state index in [4.69, 9.17) is 0 Å². The van der Waals surface area contributed by atoms with Crippen molar-refractivity contribution in [2.45, 2.75) is 109 Å². The molecule has 4 aromatic carbocycles. The van der Waals surface area contributed by atoms with Gasteiger partial charge in [0, 0.05) is 64.1 Å². The van der Waals surface area contributed by atoms with Gasteiger partial charge in [-0.2, -0.15) is 0 Å². The third-order valence-electron chi connectivity index (χ3n) is 16.2. The number of anilines is 1. The molecule has 4 aromatic rings. The van der Waals surface area contributed by atoms with Gasteiger partial charge < -0.3 is 24.5 Å². The van der Waals surface area contributed by atoms with E-state index in [0.717, 1.165) is 30.3 Å². The summed E-state index contributed by atoms with van der Waals surface area (Å²) in [7, 11) is 8.98. The highest BCUT2D eigenvalue weighted by atomic mass is 15.3. The molecule has 2 saturated heterocycles. The molecule has 4 unspecified atom stereocenters. The number of likely N-dealkylation sites (N-methyl/N-ethyl adjacent to an activating group) is 3. The van der Waals surface area contributed by atoms with Gasteiger partial charge in [-0.1, -0.05) is 110 Å². The Kier molecular flexibility index (Phi) is 16.6. The lowest BCUT2D eigenvalue weighted by Gasteiger charge is -2.41. The average Bonchev–Trinajstić information content (AvgIpc) is 3.78. The summed E-state index contributed by atoms with van der Waals surface area (Å²) in [6.45, 7) is 10.9. The van der Waals surface area contributed by atoms with E-state index in [9.17, 15) is 0 Å². The predicted octanol–water partition coefficient (Wildman–Crippen LogP) is 11.9. The third kappa shape index (κ3) is 11.6. The minimum Gasteiger partial charge on any atom is -0.366 e. The number of fused-ring (bicyclic) bond motifs is 11. The fraction of sp³-hybridized carbons (Fsp3) is 0.533. The Labute approximate surface area is 395 Å². The minimum absolute atomic E-state index is 0. The summed E-state index contributed by atoms with van der Waals surface area (Å²) in [4.78, 5) is 12.5. The molecule has 0 amide bonds. The Morgan fingerprint density at radius 3 is 1.97 bits per heavy atom. The van der Waals surface area contributed by atoms with E-state index in [-0.39, 0.29) is 7.43 Å². The van der Waals surface area contributed by atoms with Gasteiger partial charge in [-0.05, 0) is 199 Å². The maximum Gasteiger partial charge on any atom is 0.0417 e. The molecule has 0 spiro atoms. The first-order chi connectivity index (χ1) is 31.4. The summed E-state index contributed by atoms with van der Waals surface area (Å²) >= 11 is 0. The van der Waals surface area contributed by atoms with Crippen LogP contribution in [0.4, 0.5) is 5.69 Å². The summed E-state index contributed by atoms with van der Waals surface area (Å²) in [6, 6.07) is 36.8. The number of piperazine rings is 1. The smallest absolute Gasteiger partial charge is 0.0417 e. The summed E-state index contributed by atoms with van der Waals surface area (Å²) in [5.41, 5.74) is 17.5. The molecule has 348 valence electrons. The number of hydrogen-bond donors (Lipinski definition) is 0. The highest BCUT2D eigenvalue weighted by molar-refractivity contribution is 5.73. The van der Waals surface area contributed by atoms with Crippen LogP contribution in [0, 0.1) is 11.8 Å². The number of hydrogen-bond acceptors (Lipinski definition) is 5. The first-order valence-corrected chi connectivity index (χ1v) is 25.6. The van der Waals surface area contributed by atoms with E-state index in [2.05, 4.69) is 156 Å². The lowest BCUT2D eigenvalue weighted by molar-refractivity contribution is 0.177. The Hall–Kier alpha value is -4.00. The normalized spacial score (nSPS) is 25.3. The molecule has 2 fully saturated rings. The second kappa shape index (κ2) is 22.7. The average molecular weight is 874 g/mol.